The molecule has 5 nitrogen and oxygen atoms in total. The van der Waals surface area contributed by atoms with Crippen molar-refractivity contribution in [1.82, 2.24) is 14.5 Å². The molecule has 0 spiro atoms. The van der Waals surface area contributed by atoms with Crippen LogP contribution in [0.25, 0.3) is 0 Å². The molecule has 0 N–H and O–H groups in total. The van der Waals surface area contributed by atoms with Gasteiger partial charge in [0.05, 0.1) is 11.9 Å². The van der Waals surface area contributed by atoms with Crippen LogP contribution in [0, 0.1) is 11.7 Å². The molecule has 1 fully saturated rings. The van der Waals surface area contributed by atoms with Crippen LogP contribution in [0.2, 0.25) is 0 Å². The van der Waals surface area contributed by atoms with E-state index < -0.39 is 9.84 Å². The van der Waals surface area contributed by atoms with Crippen LogP contribution < -0.4 is 0 Å². The van der Waals surface area contributed by atoms with E-state index >= 15 is 0 Å². The first-order valence-electron chi connectivity index (χ1n) is 8.96. The lowest BCUT2D eigenvalue weighted by Gasteiger charge is -2.19. The smallest absolute Gasteiger partial charge is 0.227 e. The number of rotatable bonds is 6. The molecule has 0 bridgehead atoms. The van der Waals surface area contributed by atoms with Crippen molar-refractivity contribution in [2.45, 2.75) is 44.4 Å². The Kier molecular flexibility index (Phi) is 5.48. The summed E-state index contributed by atoms with van der Waals surface area (Å²) in [5, 5.41) is 0.149. The highest BCUT2D eigenvalue weighted by Gasteiger charge is 2.26. The maximum atomic E-state index is 13.1. The van der Waals surface area contributed by atoms with Gasteiger partial charge in [0.1, 0.15) is 5.82 Å². The van der Waals surface area contributed by atoms with Gasteiger partial charge in [-0.15, -0.1) is 0 Å². The molecule has 2 heterocycles. The van der Waals surface area contributed by atoms with Gasteiger partial charge in [-0.1, -0.05) is 26.0 Å². The SMILES string of the molecule is CC(C)Cn1c(CN2CCC(c3ccc(F)cc3)C2)cnc1S(C)(=O)=O. The Hall–Kier alpha value is -1.73. The lowest BCUT2D eigenvalue weighted by atomic mass is 9.99. The van der Waals surface area contributed by atoms with E-state index in [4.69, 9.17) is 0 Å². The van der Waals surface area contributed by atoms with Gasteiger partial charge in [-0.05, 0) is 42.5 Å². The topological polar surface area (TPSA) is 55.2 Å². The van der Waals surface area contributed by atoms with Gasteiger partial charge < -0.3 is 4.57 Å². The van der Waals surface area contributed by atoms with Crippen LogP contribution in [0.1, 0.15) is 37.4 Å². The largest absolute Gasteiger partial charge is 0.317 e. The van der Waals surface area contributed by atoms with E-state index in [1.54, 1.807) is 6.20 Å². The molecule has 1 aromatic carbocycles. The number of imidazole rings is 1. The van der Waals surface area contributed by atoms with Gasteiger partial charge in [0.25, 0.3) is 0 Å². The summed E-state index contributed by atoms with van der Waals surface area (Å²) in [7, 11) is -3.35. The van der Waals surface area contributed by atoms with Gasteiger partial charge in [0, 0.05) is 25.9 Å². The highest BCUT2D eigenvalue weighted by molar-refractivity contribution is 7.90. The summed E-state index contributed by atoms with van der Waals surface area (Å²) in [4.78, 5) is 6.49. The molecule has 0 saturated carbocycles. The molecule has 0 amide bonds. The second-order valence-electron chi connectivity index (χ2n) is 7.58. The zero-order valence-electron chi connectivity index (χ0n) is 15.5. The third-order valence-electron chi connectivity index (χ3n) is 4.78. The predicted octanol–water partition coefficient (Wildman–Crippen LogP) is 3.07. The minimum atomic E-state index is -3.35. The van der Waals surface area contributed by atoms with Gasteiger partial charge >= 0.3 is 0 Å². The number of nitrogens with zero attached hydrogens (tertiary/aromatic N) is 3. The lowest BCUT2D eigenvalue weighted by Crippen LogP contribution is -2.23. The predicted molar refractivity (Wildman–Crippen MR) is 99.2 cm³/mol. The fourth-order valence-electron chi connectivity index (χ4n) is 3.59. The second-order valence-corrected chi connectivity index (χ2v) is 9.49. The van der Waals surface area contributed by atoms with Crippen molar-refractivity contribution < 1.29 is 12.8 Å². The monoisotopic (exact) mass is 379 g/mol. The Labute approximate surface area is 154 Å². The van der Waals surface area contributed by atoms with E-state index in [-0.39, 0.29) is 11.0 Å². The molecule has 1 aliphatic rings. The van der Waals surface area contributed by atoms with Crippen molar-refractivity contribution in [1.29, 1.82) is 0 Å². The van der Waals surface area contributed by atoms with Crippen molar-refractivity contribution in [2.75, 3.05) is 19.3 Å². The van der Waals surface area contributed by atoms with Crippen LogP contribution in [0.3, 0.4) is 0 Å². The third kappa shape index (κ3) is 4.32. The molecular weight excluding hydrogens is 353 g/mol. The highest BCUT2D eigenvalue weighted by Crippen LogP contribution is 2.28. The molecule has 0 radical (unpaired) electrons. The molecule has 1 aromatic heterocycles. The summed E-state index contributed by atoms with van der Waals surface area (Å²) in [6.07, 6.45) is 3.91. The maximum absolute atomic E-state index is 13.1. The van der Waals surface area contributed by atoms with Gasteiger partial charge in [0.2, 0.25) is 15.0 Å². The van der Waals surface area contributed by atoms with E-state index in [9.17, 15) is 12.8 Å². The zero-order valence-corrected chi connectivity index (χ0v) is 16.3. The summed E-state index contributed by atoms with van der Waals surface area (Å²) in [5.74, 6) is 0.495. The average molecular weight is 380 g/mol. The first kappa shape index (κ1) is 19.0. The molecular formula is C19H26FN3O2S. The van der Waals surface area contributed by atoms with Gasteiger partial charge in [0.15, 0.2) is 0 Å². The summed E-state index contributed by atoms with van der Waals surface area (Å²) in [6, 6.07) is 6.73. The number of halogens is 1. The van der Waals surface area contributed by atoms with Crippen molar-refractivity contribution in [3.05, 3.63) is 47.5 Å². The fourth-order valence-corrected chi connectivity index (χ4v) is 4.42. The van der Waals surface area contributed by atoms with Crippen LogP contribution in [0.5, 0.6) is 0 Å². The van der Waals surface area contributed by atoms with Crippen LogP contribution in [-0.4, -0.2) is 42.2 Å². The molecule has 1 unspecified atom stereocenters. The normalized spacial score (nSPS) is 18.7. The standard InChI is InChI=1S/C19H26FN3O2S/c1-14(2)11-23-18(10-21-19(23)26(3,24)25)13-22-9-8-16(12-22)15-4-6-17(20)7-5-15/h4-7,10,14,16H,8-9,11-13H2,1-3H3. The van der Waals surface area contributed by atoms with E-state index in [1.165, 1.54) is 18.4 Å². The average Bonchev–Trinajstić information content (AvgIpc) is 3.15. The van der Waals surface area contributed by atoms with E-state index in [2.05, 4.69) is 23.7 Å². The number of likely N-dealkylation sites (tertiary alicyclic amines) is 1. The molecule has 3 rings (SSSR count). The zero-order chi connectivity index (χ0) is 18.9. The summed E-state index contributed by atoms with van der Waals surface area (Å²) in [5.41, 5.74) is 2.08. The molecule has 142 valence electrons. The molecule has 0 aliphatic carbocycles. The minimum absolute atomic E-state index is 0.149. The van der Waals surface area contributed by atoms with E-state index in [1.807, 2.05) is 16.7 Å². The van der Waals surface area contributed by atoms with Crippen molar-refractivity contribution >= 4 is 9.84 Å². The Morgan fingerprint density at radius 3 is 2.58 bits per heavy atom. The van der Waals surface area contributed by atoms with Crippen molar-refractivity contribution in [2.24, 2.45) is 5.92 Å². The Bertz CT molecular complexity index is 859. The Balaban J connectivity index is 1.75. The van der Waals surface area contributed by atoms with Crippen LogP contribution in [0.15, 0.2) is 35.6 Å². The van der Waals surface area contributed by atoms with E-state index in [0.717, 1.165) is 30.8 Å². The van der Waals surface area contributed by atoms with Crippen molar-refractivity contribution in [3.8, 4) is 0 Å². The quantitative estimate of drug-likeness (QED) is 0.774. The number of aromatic nitrogens is 2. The third-order valence-corrected chi connectivity index (χ3v) is 5.77. The second kappa shape index (κ2) is 7.48. The Morgan fingerprint density at radius 2 is 1.96 bits per heavy atom. The maximum Gasteiger partial charge on any atom is 0.227 e. The molecule has 26 heavy (non-hydrogen) atoms. The number of benzene rings is 1. The highest BCUT2D eigenvalue weighted by atomic mass is 32.2. The summed E-state index contributed by atoms with van der Waals surface area (Å²) in [6.45, 7) is 7.25. The van der Waals surface area contributed by atoms with Crippen LogP contribution in [-0.2, 0) is 22.9 Å². The lowest BCUT2D eigenvalue weighted by molar-refractivity contribution is 0.311. The fraction of sp³-hybridized carbons (Fsp3) is 0.526. The molecule has 2 aromatic rings. The number of hydrogen-bond donors (Lipinski definition) is 0. The van der Waals surface area contributed by atoms with Gasteiger partial charge in [-0.2, -0.15) is 0 Å². The Morgan fingerprint density at radius 1 is 1.27 bits per heavy atom. The van der Waals surface area contributed by atoms with Gasteiger partial charge in [-0.25, -0.2) is 17.8 Å². The first-order chi connectivity index (χ1) is 12.2. The molecule has 7 heteroatoms. The number of hydrogen-bond acceptors (Lipinski definition) is 4. The number of sulfone groups is 1. The van der Waals surface area contributed by atoms with Crippen LogP contribution in [0.4, 0.5) is 4.39 Å². The van der Waals surface area contributed by atoms with Crippen LogP contribution >= 0.6 is 0 Å². The molecule has 1 saturated heterocycles. The summed E-state index contributed by atoms with van der Waals surface area (Å²) >= 11 is 0. The summed E-state index contributed by atoms with van der Waals surface area (Å²) < 4.78 is 39.0. The van der Waals surface area contributed by atoms with E-state index in [0.29, 0.717) is 24.9 Å². The minimum Gasteiger partial charge on any atom is -0.317 e. The van der Waals surface area contributed by atoms with Crippen molar-refractivity contribution in [3.63, 3.8) is 0 Å². The first-order valence-corrected chi connectivity index (χ1v) is 10.9. The molecule has 1 atom stereocenters. The van der Waals surface area contributed by atoms with Gasteiger partial charge in [-0.3, -0.25) is 4.90 Å². The molecule has 1 aliphatic heterocycles.